The Kier molecular flexibility index (Phi) is 5.22. The lowest BCUT2D eigenvalue weighted by Gasteiger charge is -2.34. The molecule has 0 saturated carbocycles. The van der Waals surface area contributed by atoms with E-state index < -0.39 is 4.92 Å². The predicted molar refractivity (Wildman–Crippen MR) is 94.9 cm³/mol. The molecule has 1 aromatic rings. The number of nitro groups is 1. The van der Waals surface area contributed by atoms with Crippen LogP contribution < -0.4 is 5.32 Å². The number of likely N-dealkylation sites (tertiary alicyclic amines) is 1. The lowest BCUT2D eigenvalue weighted by atomic mass is 9.90. The molecule has 0 radical (unpaired) electrons. The summed E-state index contributed by atoms with van der Waals surface area (Å²) in [5.74, 6) is 0.535. The molecule has 2 saturated heterocycles. The molecular formula is C18H25N3O4. The highest BCUT2D eigenvalue weighted by Gasteiger charge is 2.31. The Morgan fingerprint density at radius 2 is 2.00 bits per heavy atom. The number of nitro benzene ring substituents is 1. The van der Waals surface area contributed by atoms with Crippen LogP contribution in [0.5, 0.6) is 0 Å². The van der Waals surface area contributed by atoms with Crippen LogP contribution in [0.25, 0.3) is 0 Å². The van der Waals surface area contributed by atoms with E-state index in [0.717, 1.165) is 37.9 Å². The van der Waals surface area contributed by atoms with E-state index in [1.807, 2.05) is 6.92 Å². The third-order valence-corrected chi connectivity index (χ3v) is 5.39. The SMILES string of the molecule is Cc1ccc([N+](=O)[O-])c(C)c1NC(=O)N1CCC([C@H]2CCCO2)CC1. The average molecular weight is 347 g/mol. The molecular weight excluding hydrogens is 322 g/mol. The molecule has 1 atom stereocenters. The number of urea groups is 1. The number of piperidine rings is 1. The zero-order chi connectivity index (χ0) is 18.0. The molecule has 2 fully saturated rings. The third kappa shape index (κ3) is 3.76. The van der Waals surface area contributed by atoms with Crippen molar-refractivity contribution in [2.24, 2.45) is 5.92 Å². The van der Waals surface area contributed by atoms with Crippen molar-refractivity contribution in [1.82, 2.24) is 4.90 Å². The number of hydrogen-bond acceptors (Lipinski definition) is 4. The van der Waals surface area contributed by atoms with Crippen molar-refractivity contribution in [3.8, 4) is 0 Å². The summed E-state index contributed by atoms with van der Waals surface area (Å²) in [6.07, 6.45) is 4.52. The lowest BCUT2D eigenvalue weighted by Crippen LogP contribution is -2.43. The average Bonchev–Trinajstić information content (AvgIpc) is 3.13. The molecule has 7 heteroatoms. The molecule has 136 valence electrons. The third-order valence-electron chi connectivity index (χ3n) is 5.39. The van der Waals surface area contributed by atoms with Gasteiger partial charge in [0.05, 0.1) is 22.3 Å². The second-order valence-electron chi connectivity index (χ2n) is 6.96. The minimum absolute atomic E-state index is 0.0259. The van der Waals surface area contributed by atoms with Crippen LogP contribution in [-0.4, -0.2) is 41.7 Å². The molecule has 7 nitrogen and oxygen atoms in total. The topological polar surface area (TPSA) is 84.7 Å². The number of nitrogens with one attached hydrogen (secondary N) is 1. The summed E-state index contributed by atoms with van der Waals surface area (Å²) in [4.78, 5) is 25.1. The van der Waals surface area contributed by atoms with E-state index in [-0.39, 0.29) is 11.7 Å². The van der Waals surface area contributed by atoms with Crippen LogP contribution in [0.1, 0.15) is 36.8 Å². The van der Waals surface area contributed by atoms with Gasteiger partial charge in [0.1, 0.15) is 0 Å². The summed E-state index contributed by atoms with van der Waals surface area (Å²) in [5, 5.41) is 14.0. The first-order chi connectivity index (χ1) is 12.0. The van der Waals surface area contributed by atoms with Crippen molar-refractivity contribution in [1.29, 1.82) is 0 Å². The number of ether oxygens (including phenoxy) is 1. The zero-order valence-electron chi connectivity index (χ0n) is 14.8. The number of hydrogen-bond donors (Lipinski definition) is 1. The number of amides is 2. The van der Waals surface area contributed by atoms with Crippen LogP contribution in [0.4, 0.5) is 16.2 Å². The highest BCUT2D eigenvalue weighted by atomic mass is 16.6. The molecule has 2 aliphatic heterocycles. The summed E-state index contributed by atoms with van der Waals surface area (Å²) < 4.78 is 5.77. The van der Waals surface area contributed by atoms with E-state index in [2.05, 4.69) is 5.32 Å². The smallest absolute Gasteiger partial charge is 0.321 e. The van der Waals surface area contributed by atoms with E-state index in [0.29, 0.717) is 36.4 Å². The Balaban J connectivity index is 1.63. The van der Waals surface area contributed by atoms with E-state index in [1.54, 1.807) is 17.9 Å². The van der Waals surface area contributed by atoms with Crippen LogP contribution in [0.3, 0.4) is 0 Å². The van der Waals surface area contributed by atoms with Gasteiger partial charge >= 0.3 is 6.03 Å². The Morgan fingerprint density at radius 1 is 1.28 bits per heavy atom. The first kappa shape index (κ1) is 17.7. The van der Waals surface area contributed by atoms with Crippen LogP contribution in [-0.2, 0) is 4.74 Å². The normalized spacial score (nSPS) is 21.4. The molecule has 0 unspecified atom stereocenters. The molecule has 2 amide bonds. The lowest BCUT2D eigenvalue weighted by molar-refractivity contribution is -0.385. The van der Waals surface area contributed by atoms with E-state index in [1.165, 1.54) is 6.07 Å². The molecule has 0 aromatic heterocycles. The van der Waals surface area contributed by atoms with Gasteiger partial charge in [0.15, 0.2) is 0 Å². The summed E-state index contributed by atoms with van der Waals surface area (Å²) in [7, 11) is 0. The maximum Gasteiger partial charge on any atom is 0.321 e. The Morgan fingerprint density at radius 3 is 2.60 bits per heavy atom. The highest BCUT2D eigenvalue weighted by molar-refractivity contribution is 5.91. The van der Waals surface area contributed by atoms with E-state index in [4.69, 9.17) is 4.74 Å². The van der Waals surface area contributed by atoms with Gasteiger partial charge in [-0.15, -0.1) is 0 Å². The summed E-state index contributed by atoms with van der Waals surface area (Å²) in [6.45, 7) is 5.77. The maximum absolute atomic E-state index is 12.6. The van der Waals surface area contributed by atoms with Crippen molar-refractivity contribution in [2.75, 3.05) is 25.0 Å². The number of rotatable bonds is 3. The Labute approximate surface area is 147 Å². The Hall–Kier alpha value is -2.15. The van der Waals surface area contributed by atoms with Crippen molar-refractivity contribution in [2.45, 2.75) is 45.6 Å². The molecule has 25 heavy (non-hydrogen) atoms. The quantitative estimate of drug-likeness (QED) is 0.668. The Bertz CT molecular complexity index is 663. The second kappa shape index (κ2) is 7.39. The number of aryl methyl sites for hydroxylation is 1. The predicted octanol–water partition coefficient (Wildman–Crippen LogP) is 3.63. The molecule has 3 rings (SSSR count). The standard InChI is InChI=1S/C18H25N3O4/c1-12-5-6-15(21(23)24)13(2)17(12)19-18(22)20-9-7-14(8-10-20)16-4-3-11-25-16/h5-6,14,16H,3-4,7-11H2,1-2H3,(H,19,22)/t16-/m1/s1. The monoisotopic (exact) mass is 347 g/mol. The first-order valence-corrected chi connectivity index (χ1v) is 8.89. The van der Waals surface area contributed by atoms with E-state index in [9.17, 15) is 14.9 Å². The van der Waals surface area contributed by atoms with Gasteiger partial charge in [-0.05, 0) is 51.0 Å². The van der Waals surface area contributed by atoms with Gasteiger partial charge in [0, 0.05) is 25.8 Å². The zero-order valence-corrected chi connectivity index (χ0v) is 14.8. The summed E-state index contributed by atoms with van der Waals surface area (Å²) in [5.41, 5.74) is 1.89. The maximum atomic E-state index is 12.6. The fourth-order valence-electron chi connectivity index (χ4n) is 3.86. The number of anilines is 1. The van der Waals surface area contributed by atoms with Crippen LogP contribution in [0.15, 0.2) is 12.1 Å². The van der Waals surface area contributed by atoms with Gasteiger partial charge in [-0.1, -0.05) is 6.07 Å². The molecule has 1 aromatic carbocycles. The molecule has 1 N–H and O–H groups in total. The van der Waals surface area contributed by atoms with E-state index >= 15 is 0 Å². The van der Waals surface area contributed by atoms with Crippen LogP contribution in [0.2, 0.25) is 0 Å². The van der Waals surface area contributed by atoms with Crippen molar-refractivity contribution < 1.29 is 14.5 Å². The van der Waals surface area contributed by atoms with Crippen molar-refractivity contribution in [3.63, 3.8) is 0 Å². The first-order valence-electron chi connectivity index (χ1n) is 8.89. The number of carbonyl (C=O) groups excluding carboxylic acids is 1. The van der Waals surface area contributed by atoms with Crippen LogP contribution >= 0.6 is 0 Å². The molecule has 2 heterocycles. The minimum Gasteiger partial charge on any atom is -0.378 e. The number of benzene rings is 1. The van der Waals surface area contributed by atoms with Gasteiger partial charge in [-0.3, -0.25) is 10.1 Å². The molecule has 0 aliphatic carbocycles. The van der Waals surface area contributed by atoms with Gasteiger partial charge in [0.25, 0.3) is 5.69 Å². The van der Waals surface area contributed by atoms with Crippen LogP contribution in [0, 0.1) is 29.9 Å². The van der Waals surface area contributed by atoms with Crippen molar-refractivity contribution in [3.05, 3.63) is 33.4 Å². The van der Waals surface area contributed by atoms with Gasteiger partial charge in [-0.25, -0.2) is 4.79 Å². The molecule has 0 spiro atoms. The molecule has 2 aliphatic rings. The molecule has 0 bridgehead atoms. The minimum atomic E-state index is -0.419. The highest BCUT2D eigenvalue weighted by Crippen LogP contribution is 2.31. The second-order valence-corrected chi connectivity index (χ2v) is 6.96. The van der Waals surface area contributed by atoms with Gasteiger partial charge < -0.3 is 15.0 Å². The van der Waals surface area contributed by atoms with Crippen molar-refractivity contribution >= 4 is 17.4 Å². The fourth-order valence-corrected chi connectivity index (χ4v) is 3.86. The van der Waals surface area contributed by atoms with Gasteiger partial charge in [-0.2, -0.15) is 0 Å². The summed E-state index contributed by atoms with van der Waals surface area (Å²) in [6, 6.07) is 2.97. The summed E-state index contributed by atoms with van der Waals surface area (Å²) >= 11 is 0. The largest absolute Gasteiger partial charge is 0.378 e. The number of carbonyl (C=O) groups is 1. The van der Waals surface area contributed by atoms with Gasteiger partial charge in [0.2, 0.25) is 0 Å². The fraction of sp³-hybridized carbons (Fsp3) is 0.611. The number of nitrogens with zero attached hydrogens (tertiary/aromatic N) is 2.